The highest BCUT2D eigenvalue weighted by atomic mass is 14.9. The lowest BCUT2D eigenvalue weighted by Crippen LogP contribution is -2.25. The third-order valence-corrected chi connectivity index (χ3v) is 11.0. The van der Waals surface area contributed by atoms with Gasteiger partial charge < -0.3 is 0 Å². The van der Waals surface area contributed by atoms with Crippen LogP contribution in [-0.2, 0) is 5.41 Å². The maximum atomic E-state index is 5.49. The summed E-state index contributed by atoms with van der Waals surface area (Å²) < 4.78 is 0. The first-order chi connectivity index (χ1) is 25.3. The number of hydrogen-bond donors (Lipinski definition) is 0. The topological polar surface area (TPSA) is 38.7 Å². The SMILES string of the molecule is c1cncc(-c2cnc(-c3ccc4c(c3)C3(c5ccccc5-c5ccccc53)c3ccccc3-4)nc2-c2cc3ccccc3c3ccccc23)c1. The summed E-state index contributed by atoms with van der Waals surface area (Å²) in [7, 11) is 0. The van der Waals surface area contributed by atoms with Crippen molar-refractivity contribution in [1.29, 1.82) is 0 Å². The summed E-state index contributed by atoms with van der Waals surface area (Å²) in [5.41, 5.74) is 14.9. The number of aromatic nitrogens is 3. The van der Waals surface area contributed by atoms with Crippen LogP contribution >= 0.6 is 0 Å². The monoisotopic (exact) mass is 647 g/mol. The van der Waals surface area contributed by atoms with Crippen LogP contribution in [0.15, 0.2) is 176 Å². The lowest BCUT2D eigenvalue weighted by atomic mass is 9.70. The Balaban J connectivity index is 1.18. The molecule has 0 aliphatic heterocycles. The van der Waals surface area contributed by atoms with Gasteiger partial charge in [0.1, 0.15) is 0 Å². The quantitative estimate of drug-likeness (QED) is 0.179. The van der Waals surface area contributed by atoms with Gasteiger partial charge in [0.15, 0.2) is 5.82 Å². The second kappa shape index (κ2) is 10.6. The number of rotatable bonds is 3. The molecule has 2 aromatic heterocycles. The van der Waals surface area contributed by atoms with Gasteiger partial charge in [-0.25, -0.2) is 9.97 Å². The van der Waals surface area contributed by atoms with Crippen molar-refractivity contribution >= 4 is 21.5 Å². The first kappa shape index (κ1) is 28.2. The molecule has 0 fully saturated rings. The van der Waals surface area contributed by atoms with Crippen molar-refractivity contribution in [3.05, 3.63) is 199 Å². The predicted molar refractivity (Wildman–Crippen MR) is 207 cm³/mol. The molecule has 0 radical (unpaired) electrons. The van der Waals surface area contributed by atoms with Crippen molar-refractivity contribution in [1.82, 2.24) is 15.0 Å². The molecule has 2 heterocycles. The van der Waals surface area contributed by atoms with E-state index >= 15 is 0 Å². The van der Waals surface area contributed by atoms with Gasteiger partial charge in [0.25, 0.3) is 0 Å². The minimum atomic E-state index is -0.428. The summed E-state index contributed by atoms with van der Waals surface area (Å²) in [6.07, 6.45) is 5.69. The van der Waals surface area contributed by atoms with E-state index in [1.165, 1.54) is 60.7 Å². The Kier molecular flexibility index (Phi) is 5.88. The second-order valence-electron chi connectivity index (χ2n) is 13.5. The fourth-order valence-corrected chi connectivity index (χ4v) is 8.94. The molecule has 3 nitrogen and oxygen atoms in total. The van der Waals surface area contributed by atoms with Crippen molar-refractivity contribution in [2.24, 2.45) is 0 Å². The van der Waals surface area contributed by atoms with Crippen molar-refractivity contribution < 1.29 is 0 Å². The summed E-state index contributed by atoms with van der Waals surface area (Å²) in [6.45, 7) is 0. The van der Waals surface area contributed by atoms with Crippen LogP contribution < -0.4 is 0 Å². The van der Waals surface area contributed by atoms with Gasteiger partial charge in [-0.3, -0.25) is 4.98 Å². The standard InChI is InChI=1S/C48H29N3/c1-2-14-33-30(12-1)26-40(35-16-4-3-15-34(33)35)46-41(32-13-11-25-49-28-32)29-50-47(51-46)31-23-24-39-38-19-7-10-22-44(38)48(45(39)27-31)42-20-8-5-17-36(42)37-18-6-9-21-43(37)48/h1-29H. The molecular formula is C48H29N3. The lowest BCUT2D eigenvalue weighted by Gasteiger charge is -2.30. The molecule has 51 heavy (non-hydrogen) atoms. The van der Waals surface area contributed by atoms with Gasteiger partial charge in [0.05, 0.1) is 11.1 Å². The average Bonchev–Trinajstić information content (AvgIpc) is 3.68. The molecule has 236 valence electrons. The third-order valence-electron chi connectivity index (χ3n) is 11.0. The molecule has 2 aliphatic carbocycles. The van der Waals surface area contributed by atoms with Crippen molar-refractivity contribution in [2.45, 2.75) is 5.41 Å². The van der Waals surface area contributed by atoms with Gasteiger partial charge in [-0.05, 0) is 84.3 Å². The first-order valence-electron chi connectivity index (χ1n) is 17.4. The lowest BCUT2D eigenvalue weighted by molar-refractivity contribution is 0.794. The van der Waals surface area contributed by atoms with E-state index in [0.29, 0.717) is 5.82 Å². The maximum absolute atomic E-state index is 5.49. The molecule has 0 saturated carbocycles. The zero-order valence-corrected chi connectivity index (χ0v) is 27.6. The normalized spacial score (nSPS) is 13.3. The van der Waals surface area contributed by atoms with E-state index in [2.05, 4.69) is 157 Å². The van der Waals surface area contributed by atoms with Crippen LogP contribution in [0.1, 0.15) is 22.3 Å². The minimum absolute atomic E-state index is 0.428. The predicted octanol–water partition coefficient (Wildman–Crippen LogP) is 11.5. The molecule has 11 rings (SSSR count). The molecule has 0 saturated heterocycles. The van der Waals surface area contributed by atoms with Gasteiger partial charge >= 0.3 is 0 Å². The van der Waals surface area contributed by atoms with E-state index in [1.807, 2.05) is 24.7 Å². The molecule has 0 atom stereocenters. The van der Waals surface area contributed by atoms with Crippen LogP contribution in [0.4, 0.5) is 0 Å². The molecular weight excluding hydrogens is 619 g/mol. The van der Waals surface area contributed by atoms with Gasteiger partial charge in [-0.15, -0.1) is 0 Å². The molecule has 0 N–H and O–H groups in total. The zero-order valence-electron chi connectivity index (χ0n) is 27.6. The highest BCUT2D eigenvalue weighted by Gasteiger charge is 2.51. The largest absolute Gasteiger partial charge is 0.264 e. The van der Waals surface area contributed by atoms with E-state index in [9.17, 15) is 0 Å². The smallest absolute Gasteiger partial charge is 0.159 e. The van der Waals surface area contributed by atoms with Crippen molar-refractivity contribution in [2.75, 3.05) is 0 Å². The third kappa shape index (κ3) is 3.86. The van der Waals surface area contributed by atoms with Gasteiger partial charge in [-0.1, -0.05) is 140 Å². The van der Waals surface area contributed by atoms with Crippen LogP contribution in [0.2, 0.25) is 0 Å². The van der Waals surface area contributed by atoms with Crippen LogP contribution in [0, 0.1) is 0 Å². The average molecular weight is 648 g/mol. The summed E-state index contributed by atoms with van der Waals surface area (Å²) >= 11 is 0. The Hall–Kier alpha value is -6.71. The number of benzene rings is 7. The Morgan fingerprint density at radius 2 is 1.00 bits per heavy atom. The molecule has 0 amide bonds. The van der Waals surface area contributed by atoms with Gasteiger partial charge in [0, 0.05) is 40.8 Å². The number of nitrogens with zero attached hydrogens (tertiary/aromatic N) is 3. The summed E-state index contributed by atoms with van der Waals surface area (Å²) in [4.78, 5) is 15.0. The first-order valence-corrected chi connectivity index (χ1v) is 17.4. The maximum Gasteiger partial charge on any atom is 0.159 e. The highest BCUT2D eigenvalue weighted by Crippen LogP contribution is 2.63. The van der Waals surface area contributed by atoms with Crippen LogP contribution in [0.5, 0.6) is 0 Å². The summed E-state index contributed by atoms with van der Waals surface area (Å²) in [5, 5.41) is 4.78. The van der Waals surface area contributed by atoms with Crippen molar-refractivity contribution in [3.8, 4) is 56.0 Å². The van der Waals surface area contributed by atoms with Gasteiger partial charge in [-0.2, -0.15) is 0 Å². The van der Waals surface area contributed by atoms with E-state index in [-0.39, 0.29) is 0 Å². The molecule has 9 aromatic rings. The number of fused-ring (bicyclic) bond motifs is 13. The molecule has 0 bridgehead atoms. The zero-order chi connectivity index (χ0) is 33.5. The molecule has 7 aromatic carbocycles. The number of pyridine rings is 1. The van der Waals surface area contributed by atoms with Gasteiger partial charge in [0.2, 0.25) is 0 Å². The Morgan fingerprint density at radius 1 is 0.392 bits per heavy atom. The van der Waals surface area contributed by atoms with E-state index in [4.69, 9.17) is 9.97 Å². The fourth-order valence-electron chi connectivity index (χ4n) is 8.94. The van der Waals surface area contributed by atoms with E-state index in [1.54, 1.807) is 0 Å². The van der Waals surface area contributed by atoms with Crippen LogP contribution in [0.3, 0.4) is 0 Å². The number of hydrogen-bond acceptors (Lipinski definition) is 3. The van der Waals surface area contributed by atoms with E-state index in [0.717, 1.165) is 33.3 Å². The van der Waals surface area contributed by atoms with Crippen molar-refractivity contribution in [3.63, 3.8) is 0 Å². The van der Waals surface area contributed by atoms with Crippen LogP contribution in [-0.4, -0.2) is 15.0 Å². The molecule has 3 heteroatoms. The van der Waals surface area contributed by atoms with E-state index < -0.39 is 5.41 Å². The highest BCUT2D eigenvalue weighted by molar-refractivity contribution is 6.14. The Bertz CT molecular complexity index is 2810. The minimum Gasteiger partial charge on any atom is -0.264 e. The molecule has 0 unspecified atom stereocenters. The molecule has 1 spiro atoms. The van der Waals surface area contributed by atoms with Crippen LogP contribution in [0.25, 0.3) is 77.6 Å². The second-order valence-corrected chi connectivity index (χ2v) is 13.5. The Labute approximate surface area is 295 Å². The fraction of sp³-hybridized carbons (Fsp3) is 0.0208. The molecule has 2 aliphatic rings. The summed E-state index contributed by atoms with van der Waals surface area (Å²) in [5.74, 6) is 0.698. The Morgan fingerprint density at radius 3 is 1.69 bits per heavy atom. The summed E-state index contributed by atoms with van der Waals surface area (Å²) in [6, 6.07) is 57.2.